The summed E-state index contributed by atoms with van der Waals surface area (Å²) >= 11 is 6.04. The van der Waals surface area contributed by atoms with Gasteiger partial charge >= 0.3 is 12.6 Å². The van der Waals surface area contributed by atoms with Gasteiger partial charge in [-0.05, 0) is 36.8 Å². The first-order chi connectivity index (χ1) is 12.7. The van der Waals surface area contributed by atoms with E-state index in [-0.39, 0.29) is 22.9 Å². The molecule has 3 rings (SSSR count). The van der Waals surface area contributed by atoms with Crippen LogP contribution in [0.15, 0.2) is 42.5 Å². The Bertz CT molecular complexity index is 909. The van der Waals surface area contributed by atoms with E-state index < -0.39 is 29.9 Å². The first kappa shape index (κ1) is 19.0. The molecule has 0 radical (unpaired) electrons. The normalized spacial score (nSPS) is 19.6. The topological polar surface area (TPSA) is 58.6 Å². The van der Waals surface area contributed by atoms with Gasteiger partial charge in [0.1, 0.15) is 17.1 Å². The molecule has 0 aliphatic carbocycles. The van der Waals surface area contributed by atoms with Crippen LogP contribution in [0.25, 0.3) is 0 Å². The van der Waals surface area contributed by atoms with E-state index in [1.165, 1.54) is 31.2 Å². The maximum Gasteiger partial charge on any atom is 0.387 e. The standard InChI is InChI=1S/C18H14ClF3N2O3/c1-18(13-6-5-11(20)8-14(13)19)15(25)24(17(26)23-18)9-10-3-2-4-12(7-10)27-16(21)22/h2-8,16H,9H2,1H3,(H,23,26). The fourth-order valence-electron chi connectivity index (χ4n) is 2.92. The predicted octanol–water partition coefficient (Wildman–Crippen LogP) is 4.05. The van der Waals surface area contributed by atoms with Gasteiger partial charge in [-0.1, -0.05) is 29.8 Å². The zero-order chi connectivity index (χ0) is 19.8. The lowest BCUT2D eigenvalue weighted by Gasteiger charge is -2.23. The zero-order valence-corrected chi connectivity index (χ0v) is 14.8. The van der Waals surface area contributed by atoms with E-state index in [4.69, 9.17) is 11.6 Å². The molecule has 0 saturated carbocycles. The highest BCUT2D eigenvalue weighted by Crippen LogP contribution is 2.34. The van der Waals surface area contributed by atoms with Crippen molar-refractivity contribution < 1.29 is 27.5 Å². The van der Waals surface area contributed by atoms with E-state index in [9.17, 15) is 22.8 Å². The number of rotatable bonds is 5. The van der Waals surface area contributed by atoms with Crippen molar-refractivity contribution in [1.29, 1.82) is 0 Å². The van der Waals surface area contributed by atoms with Crippen molar-refractivity contribution in [3.05, 3.63) is 64.4 Å². The SMILES string of the molecule is CC1(c2ccc(F)cc2Cl)NC(=O)N(Cc2cccc(OC(F)F)c2)C1=O. The van der Waals surface area contributed by atoms with Gasteiger partial charge in [-0.2, -0.15) is 8.78 Å². The van der Waals surface area contributed by atoms with Gasteiger partial charge < -0.3 is 10.1 Å². The van der Waals surface area contributed by atoms with Gasteiger partial charge in [-0.15, -0.1) is 0 Å². The van der Waals surface area contributed by atoms with Gasteiger partial charge in [0.05, 0.1) is 6.54 Å². The summed E-state index contributed by atoms with van der Waals surface area (Å²) < 4.78 is 42.3. The quantitative estimate of drug-likeness (QED) is 0.773. The molecular formula is C18H14ClF3N2O3. The average Bonchev–Trinajstić information content (AvgIpc) is 2.78. The highest BCUT2D eigenvalue weighted by Gasteiger charge is 2.49. The fraction of sp³-hybridized carbons (Fsp3) is 0.222. The number of benzene rings is 2. The zero-order valence-electron chi connectivity index (χ0n) is 14.0. The third kappa shape index (κ3) is 3.71. The van der Waals surface area contributed by atoms with E-state index in [2.05, 4.69) is 10.1 Å². The molecule has 1 aliphatic rings. The molecule has 5 nitrogen and oxygen atoms in total. The molecule has 3 amide bonds. The molecule has 1 saturated heterocycles. The molecule has 1 unspecified atom stereocenters. The van der Waals surface area contributed by atoms with Crippen molar-refractivity contribution in [2.75, 3.05) is 0 Å². The van der Waals surface area contributed by atoms with Crippen LogP contribution in [0.3, 0.4) is 0 Å². The second kappa shape index (κ2) is 7.11. The number of hydrogen-bond donors (Lipinski definition) is 1. The fourth-order valence-corrected chi connectivity index (χ4v) is 3.28. The first-order valence-corrected chi connectivity index (χ1v) is 8.22. The smallest absolute Gasteiger partial charge is 0.387 e. The van der Waals surface area contributed by atoms with Gasteiger partial charge in [0.2, 0.25) is 0 Å². The lowest BCUT2D eigenvalue weighted by molar-refractivity contribution is -0.131. The number of alkyl halides is 2. The summed E-state index contributed by atoms with van der Waals surface area (Å²) in [7, 11) is 0. The number of carbonyl (C=O) groups excluding carboxylic acids is 2. The number of hydrogen-bond acceptors (Lipinski definition) is 3. The number of halogens is 4. The lowest BCUT2D eigenvalue weighted by Crippen LogP contribution is -2.41. The van der Waals surface area contributed by atoms with Gasteiger partial charge in [-0.3, -0.25) is 9.69 Å². The number of nitrogens with one attached hydrogen (secondary N) is 1. The van der Waals surface area contributed by atoms with Crippen LogP contribution in [0.4, 0.5) is 18.0 Å². The van der Waals surface area contributed by atoms with Gasteiger partial charge in [0.25, 0.3) is 5.91 Å². The highest BCUT2D eigenvalue weighted by molar-refractivity contribution is 6.32. The van der Waals surface area contributed by atoms with Crippen LogP contribution in [-0.4, -0.2) is 23.4 Å². The summed E-state index contributed by atoms with van der Waals surface area (Å²) in [5, 5.41) is 2.55. The van der Waals surface area contributed by atoms with Crippen molar-refractivity contribution in [3.63, 3.8) is 0 Å². The summed E-state index contributed by atoms with van der Waals surface area (Å²) in [6.07, 6.45) is 0. The number of amides is 3. The maximum absolute atomic E-state index is 13.3. The van der Waals surface area contributed by atoms with Crippen LogP contribution in [0.1, 0.15) is 18.1 Å². The molecule has 142 valence electrons. The minimum absolute atomic E-state index is 0.000306. The van der Waals surface area contributed by atoms with E-state index >= 15 is 0 Å². The predicted molar refractivity (Wildman–Crippen MR) is 90.9 cm³/mol. The molecule has 1 N–H and O–H groups in total. The summed E-state index contributed by atoms with van der Waals surface area (Å²) in [6.45, 7) is -1.68. The van der Waals surface area contributed by atoms with Crippen molar-refractivity contribution >= 4 is 23.5 Å². The number of nitrogens with zero attached hydrogens (tertiary/aromatic N) is 1. The molecule has 2 aromatic carbocycles. The third-order valence-electron chi connectivity index (χ3n) is 4.21. The average molecular weight is 399 g/mol. The van der Waals surface area contributed by atoms with Crippen molar-refractivity contribution in [3.8, 4) is 5.75 Å². The van der Waals surface area contributed by atoms with Crippen LogP contribution < -0.4 is 10.1 Å². The Kier molecular flexibility index (Phi) is 5.01. The summed E-state index contributed by atoms with van der Waals surface area (Å²) in [4.78, 5) is 26.2. The molecule has 9 heteroatoms. The Morgan fingerprint density at radius 3 is 2.63 bits per heavy atom. The van der Waals surface area contributed by atoms with Crippen LogP contribution in [0.2, 0.25) is 5.02 Å². The maximum atomic E-state index is 13.3. The number of ether oxygens (including phenoxy) is 1. The Morgan fingerprint density at radius 2 is 1.96 bits per heavy atom. The van der Waals surface area contributed by atoms with E-state index in [1.807, 2.05) is 0 Å². The minimum Gasteiger partial charge on any atom is -0.435 e. The van der Waals surface area contributed by atoms with Crippen LogP contribution in [0, 0.1) is 5.82 Å². The molecule has 1 aliphatic heterocycles. The molecule has 0 aromatic heterocycles. The summed E-state index contributed by atoms with van der Waals surface area (Å²) in [5.74, 6) is -1.25. The first-order valence-electron chi connectivity index (χ1n) is 7.84. The second-order valence-corrected chi connectivity index (χ2v) is 6.50. The van der Waals surface area contributed by atoms with Crippen LogP contribution in [-0.2, 0) is 16.9 Å². The van der Waals surface area contributed by atoms with E-state index in [0.29, 0.717) is 5.56 Å². The molecule has 0 bridgehead atoms. The van der Waals surface area contributed by atoms with Gasteiger partial charge in [0, 0.05) is 10.6 Å². The number of imide groups is 1. The molecule has 1 atom stereocenters. The second-order valence-electron chi connectivity index (χ2n) is 6.10. The monoisotopic (exact) mass is 398 g/mol. The summed E-state index contributed by atoms with van der Waals surface area (Å²) in [5.41, 5.74) is -0.800. The molecule has 1 fully saturated rings. The highest BCUT2D eigenvalue weighted by atomic mass is 35.5. The Labute approximate surface area is 157 Å². The minimum atomic E-state index is -2.99. The Morgan fingerprint density at radius 1 is 1.22 bits per heavy atom. The molecule has 0 spiro atoms. The van der Waals surface area contributed by atoms with Crippen molar-refractivity contribution in [1.82, 2.24) is 10.2 Å². The van der Waals surface area contributed by atoms with Crippen LogP contribution in [0.5, 0.6) is 5.75 Å². The van der Waals surface area contributed by atoms with E-state index in [0.717, 1.165) is 17.0 Å². The molecule has 27 heavy (non-hydrogen) atoms. The molecular weight excluding hydrogens is 385 g/mol. The van der Waals surface area contributed by atoms with Crippen molar-refractivity contribution in [2.24, 2.45) is 0 Å². The molecule has 1 heterocycles. The van der Waals surface area contributed by atoms with E-state index in [1.54, 1.807) is 6.07 Å². The van der Waals surface area contributed by atoms with Gasteiger partial charge in [0.15, 0.2) is 0 Å². The third-order valence-corrected chi connectivity index (χ3v) is 4.52. The van der Waals surface area contributed by atoms with Gasteiger partial charge in [-0.25, -0.2) is 9.18 Å². The van der Waals surface area contributed by atoms with Crippen molar-refractivity contribution in [2.45, 2.75) is 25.6 Å². The Balaban J connectivity index is 1.86. The summed E-state index contributed by atoms with van der Waals surface area (Å²) in [6, 6.07) is 8.53. The number of carbonyl (C=O) groups is 2. The van der Waals surface area contributed by atoms with Crippen LogP contribution >= 0.6 is 11.6 Å². The number of urea groups is 1. The molecule has 2 aromatic rings. The lowest BCUT2D eigenvalue weighted by atomic mass is 9.92. The largest absolute Gasteiger partial charge is 0.435 e. The Hall–Kier alpha value is -2.74.